The van der Waals surface area contributed by atoms with Gasteiger partial charge in [-0.1, -0.05) is 23.3 Å². The van der Waals surface area contributed by atoms with Crippen LogP contribution in [0.15, 0.2) is 34.6 Å². The molecule has 2 aliphatic rings. The van der Waals surface area contributed by atoms with E-state index in [4.69, 9.17) is 0 Å². The molecule has 2 rings (SSSR count). The third-order valence-corrected chi connectivity index (χ3v) is 5.83. The lowest BCUT2D eigenvalue weighted by molar-refractivity contribution is -0.117. The van der Waals surface area contributed by atoms with Gasteiger partial charge >= 0.3 is 0 Å². The van der Waals surface area contributed by atoms with Gasteiger partial charge in [0, 0.05) is 12.0 Å². The number of rotatable bonds is 5. The first kappa shape index (κ1) is 19.9. The maximum Gasteiger partial charge on any atom is 0.162 e. The van der Waals surface area contributed by atoms with Crippen LogP contribution in [0.2, 0.25) is 0 Å². The molecule has 0 amide bonds. The van der Waals surface area contributed by atoms with Gasteiger partial charge in [0.2, 0.25) is 0 Å². The van der Waals surface area contributed by atoms with E-state index in [1.807, 2.05) is 6.92 Å². The van der Waals surface area contributed by atoms with Crippen LogP contribution in [0.4, 0.5) is 0 Å². The Kier molecular flexibility index (Phi) is 6.28. The highest BCUT2D eigenvalue weighted by Crippen LogP contribution is 2.47. The summed E-state index contributed by atoms with van der Waals surface area (Å²) in [4.78, 5) is 12.2. The molecule has 2 aliphatic carbocycles. The van der Waals surface area contributed by atoms with E-state index in [2.05, 4.69) is 32.9 Å². The molecule has 4 nitrogen and oxygen atoms in total. The molecule has 0 aromatic carbocycles. The monoisotopic (exact) mass is 348 g/mol. The second-order valence-corrected chi connectivity index (χ2v) is 8.12. The fraction of sp³-hybridized carbons (Fsp3) is 0.667. The Balaban J connectivity index is 2.24. The molecule has 4 heteroatoms. The van der Waals surface area contributed by atoms with Crippen molar-refractivity contribution in [2.75, 3.05) is 0 Å². The molecule has 0 aromatic heterocycles. The van der Waals surface area contributed by atoms with Crippen LogP contribution in [0.5, 0.6) is 0 Å². The summed E-state index contributed by atoms with van der Waals surface area (Å²) >= 11 is 0. The average Bonchev–Trinajstić information content (AvgIpc) is 2.82. The van der Waals surface area contributed by atoms with Crippen LogP contribution in [-0.2, 0) is 4.79 Å². The molecular formula is C21H32O4. The lowest BCUT2D eigenvalue weighted by atomic mass is 9.76. The molecule has 0 radical (unpaired) electrons. The van der Waals surface area contributed by atoms with Crippen LogP contribution >= 0.6 is 0 Å². The SMILES string of the molecule is CC(C)=CC/C=C(\C)C1CCC(C)(O)C1CC1=C(O)C(O)CCC1=O. The summed E-state index contributed by atoms with van der Waals surface area (Å²) in [7, 11) is 0. The van der Waals surface area contributed by atoms with Crippen molar-refractivity contribution in [1.82, 2.24) is 0 Å². The topological polar surface area (TPSA) is 77.8 Å². The zero-order valence-corrected chi connectivity index (χ0v) is 15.9. The summed E-state index contributed by atoms with van der Waals surface area (Å²) in [6.45, 7) is 8.05. The van der Waals surface area contributed by atoms with Gasteiger partial charge in [0.1, 0.15) is 11.9 Å². The van der Waals surface area contributed by atoms with Crippen molar-refractivity contribution in [2.45, 2.75) is 77.9 Å². The fourth-order valence-corrected chi connectivity index (χ4v) is 4.14. The van der Waals surface area contributed by atoms with Gasteiger partial charge in [-0.2, -0.15) is 0 Å². The van der Waals surface area contributed by atoms with Crippen molar-refractivity contribution in [1.29, 1.82) is 0 Å². The molecule has 140 valence electrons. The fourth-order valence-electron chi connectivity index (χ4n) is 4.14. The van der Waals surface area contributed by atoms with Crippen molar-refractivity contribution < 1.29 is 20.1 Å². The summed E-state index contributed by atoms with van der Waals surface area (Å²) < 4.78 is 0. The lowest BCUT2D eigenvalue weighted by Crippen LogP contribution is -2.35. The standard InChI is InChI=1S/C21H32O4/c1-13(2)6-5-7-14(3)15-10-11-21(4,25)17(15)12-16-18(22)8-9-19(23)20(16)24/h6-7,15,17,19,23-25H,5,8-12H2,1-4H3/b14-7+. The number of carbonyl (C=O) groups is 1. The van der Waals surface area contributed by atoms with Gasteiger partial charge in [0.05, 0.1) is 5.60 Å². The van der Waals surface area contributed by atoms with E-state index in [-0.39, 0.29) is 36.2 Å². The van der Waals surface area contributed by atoms with Crippen molar-refractivity contribution >= 4 is 5.78 Å². The highest BCUT2D eigenvalue weighted by Gasteiger charge is 2.45. The summed E-state index contributed by atoms with van der Waals surface area (Å²) in [6.07, 6.45) is 6.69. The van der Waals surface area contributed by atoms with Crippen molar-refractivity contribution in [3.05, 3.63) is 34.6 Å². The van der Waals surface area contributed by atoms with E-state index in [0.717, 1.165) is 12.8 Å². The molecule has 25 heavy (non-hydrogen) atoms. The average molecular weight is 348 g/mol. The maximum absolute atomic E-state index is 12.2. The second kappa shape index (κ2) is 7.88. The first-order valence-corrected chi connectivity index (χ1v) is 9.29. The minimum atomic E-state index is -0.952. The smallest absolute Gasteiger partial charge is 0.162 e. The van der Waals surface area contributed by atoms with Gasteiger partial charge in [-0.3, -0.25) is 4.79 Å². The minimum Gasteiger partial charge on any atom is -0.509 e. The number of Topliss-reactive ketones (excluding diaryl/α,β-unsaturated/α-hetero) is 1. The van der Waals surface area contributed by atoms with Crippen LogP contribution in [0.3, 0.4) is 0 Å². The van der Waals surface area contributed by atoms with Gasteiger partial charge in [0.15, 0.2) is 5.78 Å². The van der Waals surface area contributed by atoms with E-state index in [1.54, 1.807) is 0 Å². The number of hydrogen-bond acceptors (Lipinski definition) is 4. The maximum atomic E-state index is 12.2. The molecule has 1 saturated carbocycles. The third kappa shape index (κ3) is 4.62. The van der Waals surface area contributed by atoms with Crippen molar-refractivity contribution in [2.24, 2.45) is 11.8 Å². The first-order valence-electron chi connectivity index (χ1n) is 9.29. The molecule has 0 aromatic rings. The molecule has 1 fully saturated rings. The Morgan fingerprint density at radius 3 is 2.56 bits per heavy atom. The van der Waals surface area contributed by atoms with Crippen molar-refractivity contribution in [3.63, 3.8) is 0 Å². The highest BCUT2D eigenvalue weighted by atomic mass is 16.3. The molecule has 0 aliphatic heterocycles. The first-order chi connectivity index (χ1) is 11.6. The number of carbonyl (C=O) groups excluding carboxylic acids is 1. The van der Waals surface area contributed by atoms with Gasteiger partial charge < -0.3 is 15.3 Å². The predicted octanol–water partition coefficient (Wildman–Crippen LogP) is 3.99. The van der Waals surface area contributed by atoms with Crippen LogP contribution in [-0.4, -0.2) is 32.8 Å². The predicted molar refractivity (Wildman–Crippen MR) is 99.2 cm³/mol. The van der Waals surface area contributed by atoms with Crippen molar-refractivity contribution in [3.8, 4) is 0 Å². The second-order valence-electron chi connectivity index (χ2n) is 8.12. The summed E-state index contributed by atoms with van der Waals surface area (Å²) in [5.41, 5.74) is 1.94. The van der Waals surface area contributed by atoms with E-state index in [0.29, 0.717) is 18.4 Å². The van der Waals surface area contributed by atoms with Crippen LogP contribution in [0, 0.1) is 11.8 Å². The van der Waals surface area contributed by atoms with Crippen LogP contribution in [0.1, 0.15) is 66.2 Å². The largest absolute Gasteiger partial charge is 0.509 e. The van der Waals surface area contributed by atoms with Gasteiger partial charge in [-0.15, -0.1) is 0 Å². The number of hydrogen-bond donors (Lipinski definition) is 3. The van der Waals surface area contributed by atoms with Crippen LogP contribution in [0.25, 0.3) is 0 Å². The summed E-state index contributed by atoms with van der Waals surface area (Å²) in [5.74, 6) is -0.228. The molecule has 0 bridgehead atoms. The molecule has 0 saturated heterocycles. The van der Waals surface area contributed by atoms with E-state index >= 15 is 0 Å². The molecule has 0 spiro atoms. The Morgan fingerprint density at radius 1 is 1.24 bits per heavy atom. The Hall–Kier alpha value is -1.39. The molecular weight excluding hydrogens is 316 g/mol. The number of allylic oxidation sites excluding steroid dienone is 5. The van der Waals surface area contributed by atoms with E-state index in [9.17, 15) is 20.1 Å². The van der Waals surface area contributed by atoms with Crippen LogP contribution < -0.4 is 0 Å². The summed E-state index contributed by atoms with van der Waals surface area (Å²) in [6, 6.07) is 0. The lowest BCUT2D eigenvalue weighted by Gasteiger charge is -2.32. The molecule has 4 atom stereocenters. The minimum absolute atomic E-state index is 0.101. The van der Waals surface area contributed by atoms with E-state index in [1.165, 1.54) is 11.1 Å². The van der Waals surface area contributed by atoms with Gasteiger partial charge in [-0.25, -0.2) is 0 Å². The number of ketones is 1. The third-order valence-electron chi connectivity index (χ3n) is 5.83. The Labute approximate surface area is 151 Å². The zero-order chi connectivity index (χ0) is 18.8. The normalized spacial score (nSPS) is 33.8. The molecule has 3 N–H and O–H groups in total. The van der Waals surface area contributed by atoms with Gasteiger partial charge in [0.25, 0.3) is 0 Å². The number of aliphatic hydroxyl groups is 3. The molecule has 4 unspecified atom stereocenters. The highest BCUT2D eigenvalue weighted by molar-refractivity contribution is 5.96. The molecule has 0 heterocycles. The summed E-state index contributed by atoms with van der Waals surface area (Å²) in [5, 5.41) is 30.9. The Morgan fingerprint density at radius 2 is 1.92 bits per heavy atom. The zero-order valence-electron chi connectivity index (χ0n) is 15.9. The van der Waals surface area contributed by atoms with E-state index < -0.39 is 11.7 Å². The number of aliphatic hydroxyl groups excluding tert-OH is 2. The quantitative estimate of drug-likeness (QED) is 0.657. The Bertz CT molecular complexity index is 605. The van der Waals surface area contributed by atoms with Gasteiger partial charge in [-0.05, 0) is 71.6 Å².